The van der Waals surface area contributed by atoms with E-state index in [-0.39, 0.29) is 22.5 Å². The van der Waals surface area contributed by atoms with Gasteiger partial charge in [0.15, 0.2) is 0 Å². The van der Waals surface area contributed by atoms with Crippen molar-refractivity contribution in [1.82, 2.24) is 5.32 Å². The standard InChI is InChI=1S/C3H8N.C2H5N.W.H2/c1-3-4-2;1-3-2;;/h4H,2-3H2,1H3;1H2,2H3;;1H/q-1;;;. The molecule has 0 atom stereocenters. The molecule has 0 bridgehead atoms. The Morgan fingerprint density at radius 2 is 2.00 bits per heavy atom. The number of hydrogen-bond acceptors (Lipinski definition) is 2. The molecule has 0 radical (unpaired) electrons. The van der Waals surface area contributed by atoms with E-state index in [1.165, 1.54) is 0 Å². The van der Waals surface area contributed by atoms with Gasteiger partial charge in [0.1, 0.15) is 0 Å². The number of hydrogen-bond donors (Lipinski definition) is 1. The van der Waals surface area contributed by atoms with Crippen molar-refractivity contribution in [3.8, 4) is 0 Å². The van der Waals surface area contributed by atoms with Crippen molar-refractivity contribution in [2.45, 2.75) is 6.92 Å². The van der Waals surface area contributed by atoms with Crippen molar-refractivity contribution < 1.29 is 22.5 Å². The number of rotatable bonds is 1. The fourth-order valence-electron chi connectivity index (χ4n) is 0. The second-order valence-electron chi connectivity index (χ2n) is 0.920. The summed E-state index contributed by atoms with van der Waals surface area (Å²) in [7, 11) is 4.99. The fourth-order valence-corrected chi connectivity index (χ4v) is 0. The predicted molar refractivity (Wildman–Crippen MR) is 36.6 cm³/mol. The van der Waals surface area contributed by atoms with Crippen molar-refractivity contribution in [2.75, 3.05) is 13.6 Å². The normalized spacial score (nSPS) is 5.38. The van der Waals surface area contributed by atoms with Gasteiger partial charge in [0.25, 0.3) is 0 Å². The summed E-state index contributed by atoms with van der Waals surface area (Å²) < 4.78 is 0. The van der Waals surface area contributed by atoms with Crippen LogP contribution in [0.1, 0.15) is 8.35 Å². The third-order valence-electron chi connectivity index (χ3n) is 0.250. The quantitative estimate of drug-likeness (QED) is 0.563. The Morgan fingerprint density at radius 3 is 2.00 bits per heavy atom. The molecule has 0 amide bonds. The first-order valence-corrected chi connectivity index (χ1v) is 2.18. The molecule has 0 saturated carbocycles. The van der Waals surface area contributed by atoms with Crippen molar-refractivity contribution in [3.05, 3.63) is 7.05 Å². The van der Waals surface area contributed by atoms with Crippen molar-refractivity contribution in [3.63, 3.8) is 0 Å². The maximum atomic E-state index is 3.35. The smallest absolute Gasteiger partial charge is 0.0269 e. The third kappa shape index (κ3) is 103. The summed E-state index contributed by atoms with van der Waals surface area (Å²) in [5.41, 5.74) is 0. The average molecular weight is 287 g/mol. The Hall–Kier alpha value is 0.318. The molecule has 0 aromatic heterocycles. The summed E-state index contributed by atoms with van der Waals surface area (Å²) in [5.74, 6) is 0. The first-order chi connectivity index (χ1) is 3.33. The maximum absolute atomic E-state index is 3.35. The van der Waals surface area contributed by atoms with Crippen molar-refractivity contribution >= 4 is 6.72 Å². The summed E-state index contributed by atoms with van der Waals surface area (Å²) in [6, 6.07) is 0. The summed E-state index contributed by atoms with van der Waals surface area (Å²) in [4.78, 5) is 3.25. The van der Waals surface area contributed by atoms with Gasteiger partial charge in [-0.05, 0) is 13.3 Å². The van der Waals surface area contributed by atoms with Gasteiger partial charge in [-0.25, -0.2) is 0 Å². The first-order valence-electron chi connectivity index (χ1n) is 2.18. The van der Waals surface area contributed by atoms with E-state index in [2.05, 4.69) is 24.1 Å². The van der Waals surface area contributed by atoms with Crippen molar-refractivity contribution in [1.29, 1.82) is 0 Å². The van der Waals surface area contributed by atoms with Crippen LogP contribution in [0.15, 0.2) is 4.99 Å². The molecule has 0 aromatic carbocycles. The van der Waals surface area contributed by atoms with Crippen LogP contribution in [0.4, 0.5) is 0 Å². The molecule has 0 fully saturated rings. The van der Waals surface area contributed by atoms with Gasteiger partial charge < -0.3 is 10.3 Å². The first kappa shape index (κ1) is 15.8. The summed E-state index contributed by atoms with van der Waals surface area (Å²) in [6.07, 6.45) is 0. The van der Waals surface area contributed by atoms with E-state index in [1.807, 2.05) is 6.92 Å². The van der Waals surface area contributed by atoms with Crippen molar-refractivity contribution in [2.24, 2.45) is 4.99 Å². The maximum Gasteiger partial charge on any atom is 0.0269 e. The summed E-state index contributed by atoms with van der Waals surface area (Å²) in [5, 5.41) is 2.68. The summed E-state index contributed by atoms with van der Waals surface area (Å²) in [6.45, 7) is 6.08. The van der Waals surface area contributed by atoms with Gasteiger partial charge in [-0.3, -0.25) is 7.05 Å². The molecular formula is C5H15N2W-. The molecule has 0 heterocycles. The van der Waals surface area contributed by atoms with E-state index in [1.54, 1.807) is 7.05 Å². The molecule has 0 aromatic rings. The van der Waals surface area contributed by atoms with Crippen LogP contribution in [0.3, 0.4) is 0 Å². The molecule has 0 saturated heterocycles. The van der Waals surface area contributed by atoms with Crippen LogP contribution in [0.2, 0.25) is 0 Å². The second kappa shape index (κ2) is 26.5. The van der Waals surface area contributed by atoms with Crippen LogP contribution in [-0.2, 0) is 21.1 Å². The molecule has 2 nitrogen and oxygen atoms in total. The van der Waals surface area contributed by atoms with Gasteiger partial charge in [0, 0.05) is 29.5 Å². The Balaban J connectivity index is -0.0000000233. The molecule has 0 aliphatic carbocycles. The average Bonchev–Trinajstić information content (AvgIpc) is 1.69. The SMILES string of the molecule is C=NC.[CH2-]NCC.[HH].[W]. The predicted octanol–water partition coefficient (Wildman–Crippen LogP) is 0.948. The topological polar surface area (TPSA) is 24.4 Å². The third-order valence-corrected chi connectivity index (χ3v) is 0.250. The molecule has 52 valence electrons. The van der Waals surface area contributed by atoms with Gasteiger partial charge >= 0.3 is 0 Å². The van der Waals surface area contributed by atoms with E-state index in [9.17, 15) is 0 Å². The van der Waals surface area contributed by atoms with Gasteiger partial charge in [0.2, 0.25) is 0 Å². The molecule has 0 aliphatic rings. The van der Waals surface area contributed by atoms with E-state index < -0.39 is 0 Å². The Labute approximate surface area is 67.5 Å². The molecule has 8 heavy (non-hydrogen) atoms. The molecule has 1 N–H and O–H groups in total. The van der Waals surface area contributed by atoms with Crippen LogP contribution in [0, 0.1) is 7.05 Å². The number of nitrogens with one attached hydrogen (secondary N) is 1. The zero-order valence-electron chi connectivity index (χ0n) is 5.48. The van der Waals surface area contributed by atoms with E-state index >= 15 is 0 Å². The Kier molecular flexibility index (Phi) is 52.2. The Bertz CT molecular complexity index is 34.1. The minimum Gasteiger partial charge on any atom is -0.473 e. The van der Waals surface area contributed by atoms with Gasteiger partial charge in [-0.1, -0.05) is 6.92 Å². The van der Waals surface area contributed by atoms with E-state index in [0.717, 1.165) is 6.54 Å². The van der Waals surface area contributed by atoms with Crippen LogP contribution >= 0.6 is 0 Å². The molecule has 0 rings (SSSR count). The Morgan fingerprint density at radius 1 is 1.88 bits per heavy atom. The van der Waals surface area contributed by atoms with Gasteiger partial charge in [0.05, 0.1) is 0 Å². The van der Waals surface area contributed by atoms with Gasteiger partial charge in [-0.15, -0.1) is 0 Å². The van der Waals surface area contributed by atoms with Crippen LogP contribution in [0.25, 0.3) is 0 Å². The largest absolute Gasteiger partial charge is 0.473 e. The fraction of sp³-hybridized carbons (Fsp3) is 0.600. The monoisotopic (exact) mass is 287 g/mol. The van der Waals surface area contributed by atoms with Crippen LogP contribution < -0.4 is 5.32 Å². The van der Waals surface area contributed by atoms with E-state index in [0.29, 0.717) is 0 Å². The minimum atomic E-state index is 0. The number of nitrogens with zero attached hydrogens (tertiary/aromatic N) is 1. The van der Waals surface area contributed by atoms with Gasteiger partial charge in [-0.2, -0.15) is 0 Å². The molecule has 0 unspecified atom stereocenters. The summed E-state index contributed by atoms with van der Waals surface area (Å²) >= 11 is 0. The minimum absolute atomic E-state index is 0. The zero-order chi connectivity index (χ0) is 6.12. The zero-order valence-corrected chi connectivity index (χ0v) is 8.41. The van der Waals surface area contributed by atoms with E-state index in [4.69, 9.17) is 0 Å². The molecule has 3 heteroatoms. The molecule has 0 spiro atoms. The molecule has 0 aliphatic heterocycles. The van der Waals surface area contributed by atoms with Crippen LogP contribution in [-0.4, -0.2) is 20.3 Å². The van der Waals surface area contributed by atoms with Crippen LogP contribution in [0.5, 0.6) is 0 Å². The second-order valence-corrected chi connectivity index (χ2v) is 0.920. The number of aliphatic imine (C=N–C) groups is 1. The molecular weight excluding hydrogens is 272 g/mol.